The van der Waals surface area contributed by atoms with E-state index in [2.05, 4.69) is 24.0 Å². The predicted molar refractivity (Wildman–Crippen MR) is 95.0 cm³/mol. The SMILES string of the molecule is CC1CCC(N(C)C(=O)CN(CCN)Cc2ccccc2)CC1. The normalized spacial score (nSPS) is 21.4. The topological polar surface area (TPSA) is 49.6 Å². The van der Waals surface area contributed by atoms with Gasteiger partial charge in [-0.15, -0.1) is 0 Å². The van der Waals surface area contributed by atoms with Crippen LogP contribution in [-0.4, -0.2) is 48.4 Å². The molecule has 0 radical (unpaired) electrons. The van der Waals surface area contributed by atoms with Gasteiger partial charge in [0, 0.05) is 32.7 Å². The Balaban J connectivity index is 1.89. The van der Waals surface area contributed by atoms with Crippen LogP contribution < -0.4 is 5.73 Å². The fourth-order valence-corrected chi connectivity index (χ4v) is 3.37. The number of hydrogen-bond acceptors (Lipinski definition) is 3. The molecule has 1 aromatic rings. The molecule has 0 aliphatic heterocycles. The van der Waals surface area contributed by atoms with Crippen molar-refractivity contribution in [2.75, 3.05) is 26.7 Å². The van der Waals surface area contributed by atoms with Crippen LogP contribution in [0.1, 0.15) is 38.2 Å². The Morgan fingerprint density at radius 1 is 1.17 bits per heavy atom. The lowest BCUT2D eigenvalue weighted by atomic mass is 9.87. The van der Waals surface area contributed by atoms with Crippen LogP contribution in [0.4, 0.5) is 0 Å². The van der Waals surface area contributed by atoms with Crippen LogP contribution in [-0.2, 0) is 11.3 Å². The second-order valence-electron chi connectivity index (χ2n) is 6.90. The van der Waals surface area contributed by atoms with E-state index in [9.17, 15) is 4.79 Å². The molecular weight excluding hydrogens is 286 g/mol. The van der Waals surface area contributed by atoms with Crippen molar-refractivity contribution in [1.82, 2.24) is 9.80 Å². The molecule has 1 aliphatic rings. The first-order chi connectivity index (χ1) is 11.1. The van der Waals surface area contributed by atoms with Gasteiger partial charge in [0.15, 0.2) is 0 Å². The molecule has 0 heterocycles. The number of rotatable bonds is 7. The van der Waals surface area contributed by atoms with Gasteiger partial charge in [0.2, 0.25) is 5.91 Å². The van der Waals surface area contributed by atoms with Crippen LogP contribution in [0, 0.1) is 5.92 Å². The van der Waals surface area contributed by atoms with Gasteiger partial charge in [0.1, 0.15) is 0 Å². The molecule has 4 nitrogen and oxygen atoms in total. The second kappa shape index (κ2) is 9.04. The van der Waals surface area contributed by atoms with Crippen LogP contribution in [0.5, 0.6) is 0 Å². The summed E-state index contributed by atoms with van der Waals surface area (Å²) >= 11 is 0. The van der Waals surface area contributed by atoms with Crippen LogP contribution in [0.15, 0.2) is 30.3 Å². The summed E-state index contributed by atoms with van der Waals surface area (Å²) in [4.78, 5) is 16.8. The molecule has 1 amide bonds. The molecule has 0 spiro atoms. The zero-order chi connectivity index (χ0) is 16.7. The van der Waals surface area contributed by atoms with E-state index in [0.29, 0.717) is 19.1 Å². The van der Waals surface area contributed by atoms with Gasteiger partial charge in [-0.2, -0.15) is 0 Å². The molecule has 0 saturated heterocycles. The number of likely N-dealkylation sites (N-methyl/N-ethyl adjacent to an activating group) is 1. The average molecular weight is 317 g/mol. The average Bonchev–Trinajstić information content (AvgIpc) is 2.56. The molecule has 2 N–H and O–H groups in total. The Morgan fingerprint density at radius 2 is 1.83 bits per heavy atom. The monoisotopic (exact) mass is 317 g/mol. The minimum atomic E-state index is 0.217. The van der Waals surface area contributed by atoms with Gasteiger partial charge in [-0.1, -0.05) is 37.3 Å². The number of carbonyl (C=O) groups excluding carboxylic acids is 1. The fourth-order valence-electron chi connectivity index (χ4n) is 3.37. The molecule has 1 fully saturated rings. The third kappa shape index (κ3) is 5.63. The quantitative estimate of drug-likeness (QED) is 0.840. The molecule has 0 aromatic heterocycles. The summed E-state index contributed by atoms with van der Waals surface area (Å²) in [7, 11) is 1.96. The van der Waals surface area contributed by atoms with E-state index >= 15 is 0 Å². The summed E-state index contributed by atoms with van der Waals surface area (Å²) in [5.74, 6) is 1.02. The molecule has 23 heavy (non-hydrogen) atoms. The number of hydrogen-bond donors (Lipinski definition) is 1. The number of benzene rings is 1. The summed E-state index contributed by atoms with van der Waals surface area (Å²) in [5.41, 5.74) is 6.95. The lowest BCUT2D eigenvalue weighted by Gasteiger charge is -2.35. The maximum atomic E-state index is 12.6. The molecule has 0 bridgehead atoms. The first-order valence-corrected chi connectivity index (χ1v) is 8.82. The predicted octanol–water partition coefficient (Wildman–Crippen LogP) is 2.48. The first-order valence-electron chi connectivity index (χ1n) is 8.82. The molecule has 2 rings (SSSR count). The highest BCUT2D eigenvalue weighted by Gasteiger charge is 2.25. The van der Waals surface area contributed by atoms with Crippen molar-refractivity contribution in [3.8, 4) is 0 Å². The number of carbonyl (C=O) groups is 1. The molecule has 1 aliphatic carbocycles. The van der Waals surface area contributed by atoms with E-state index in [-0.39, 0.29) is 5.91 Å². The standard InChI is InChI=1S/C19H31N3O/c1-16-8-10-18(11-9-16)21(2)19(23)15-22(13-12-20)14-17-6-4-3-5-7-17/h3-7,16,18H,8-15,20H2,1-2H3. The molecular formula is C19H31N3O. The molecule has 1 saturated carbocycles. The van der Waals surface area contributed by atoms with E-state index < -0.39 is 0 Å². The smallest absolute Gasteiger partial charge is 0.236 e. The van der Waals surface area contributed by atoms with Crippen molar-refractivity contribution >= 4 is 5.91 Å². The molecule has 0 atom stereocenters. The summed E-state index contributed by atoms with van der Waals surface area (Å²) in [6.45, 7) is 4.86. The van der Waals surface area contributed by atoms with Crippen LogP contribution in [0.3, 0.4) is 0 Å². The highest BCUT2D eigenvalue weighted by molar-refractivity contribution is 5.78. The Labute approximate surface area is 140 Å². The fraction of sp³-hybridized carbons (Fsp3) is 0.632. The van der Waals surface area contributed by atoms with E-state index in [0.717, 1.165) is 31.8 Å². The van der Waals surface area contributed by atoms with Gasteiger partial charge < -0.3 is 10.6 Å². The number of nitrogens with two attached hydrogens (primary N) is 1. The third-order valence-electron chi connectivity index (χ3n) is 4.98. The van der Waals surface area contributed by atoms with Gasteiger partial charge in [0.25, 0.3) is 0 Å². The van der Waals surface area contributed by atoms with Crippen LogP contribution >= 0.6 is 0 Å². The molecule has 128 valence electrons. The Kier molecular flexibility index (Phi) is 7.06. The van der Waals surface area contributed by atoms with Crippen molar-refractivity contribution in [2.45, 2.75) is 45.2 Å². The second-order valence-corrected chi connectivity index (χ2v) is 6.90. The lowest BCUT2D eigenvalue weighted by molar-refractivity contribution is -0.134. The van der Waals surface area contributed by atoms with Crippen molar-refractivity contribution in [1.29, 1.82) is 0 Å². The summed E-state index contributed by atoms with van der Waals surface area (Å²) in [5, 5.41) is 0. The number of nitrogens with zero attached hydrogens (tertiary/aromatic N) is 2. The highest BCUT2D eigenvalue weighted by Crippen LogP contribution is 2.26. The van der Waals surface area contributed by atoms with Gasteiger partial charge in [-0.3, -0.25) is 9.69 Å². The van der Waals surface area contributed by atoms with E-state index in [1.165, 1.54) is 18.4 Å². The Morgan fingerprint density at radius 3 is 2.43 bits per heavy atom. The first kappa shape index (κ1) is 18.0. The van der Waals surface area contributed by atoms with E-state index in [4.69, 9.17) is 5.73 Å². The van der Waals surface area contributed by atoms with E-state index in [1.807, 2.05) is 30.1 Å². The van der Waals surface area contributed by atoms with Gasteiger partial charge in [-0.05, 0) is 37.2 Å². The minimum absolute atomic E-state index is 0.217. The zero-order valence-corrected chi connectivity index (χ0v) is 14.6. The largest absolute Gasteiger partial charge is 0.342 e. The minimum Gasteiger partial charge on any atom is -0.342 e. The molecule has 4 heteroatoms. The van der Waals surface area contributed by atoms with Gasteiger partial charge in [0.05, 0.1) is 6.54 Å². The maximum Gasteiger partial charge on any atom is 0.236 e. The molecule has 1 aromatic carbocycles. The Hall–Kier alpha value is -1.39. The highest BCUT2D eigenvalue weighted by atomic mass is 16.2. The molecule has 0 unspecified atom stereocenters. The van der Waals surface area contributed by atoms with E-state index in [1.54, 1.807) is 0 Å². The Bertz CT molecular complexity index is 469. The summed E-state index contributed by atoms with van der Waals surface area (Å²) in [6.07, 6.45) is 4.75. The summed E-state index contributed by atoms with van der Waals surface area (Å²) in [6, 6.07) is 10.7. The van der Waals surface area contributed by atoms with Crippen molar-refractivity contribution < 1.29 is 4.79 Å². The van der Waals surface area contributed by atoms with Crippen molar-refractivity contribution in [3.05, 3.63) is 35.9 Å². The van der Waals surface area contributed by atoms with Crippen LogP contribution in [0.2, 0.25) is 0 Å². The maximum absolute atomic E-state index is 12.6. The third-order valence-corrected chi connectivity index (χ3v) is 4.98. The van der Waals surface area contributed by atoms with Crippen LogP contribution in [0.25, 0.3) is 0 Å². The summed E-state index contributed by atoms with van der Waals surface area (Å²) < 4.78 is 0. The van der Waals surface area contributed by atoms with Crippen molar-refractivity contribution in [3.63, 3.8) is 0 Å². The van der Waals surface area contributed by atoms with Gasteiger partial charge in [-0.25, -0.2) is 0 Å². The zero-order valence-electron chi connectivity index (χ0n) is 14.6. The van der Waals surface area contributed by atoms with Crippen molar-refractivity contribution in [2.24, 2.45) is 11.7 Å². The van der Waals surface area contributed by atoms with Gasteiger partial charge >= 0.3 is 0 Å². The number of amides is 1. The lowest BCUT2D eigenvalue weighted by Crippen LogP contribution is -2.45.